The second-order valence-corrected chi connectivity index (χ2v) is 5.43. The van der Waals surface area contributed by atoms with Gasteiger partial charge in [0.05, 0.1) is 11.1 Å². The van der Waals surface area contributed by atoms with E-state index >= 15 is 0 Å². The Labute approximate surface area is 133 Å². The highest BCUT2D eigenvalue weighted by atomic mass is 15.3. The van der Waals surface area contributed by atoms with E-state index in [9.17, 15) is 0 Å². The van der Waals surface area contributed by atoms with Crippen LogP contribution in [-0.4, -0.2) is 19.7 Å². The molecule has 2 aromatic heterocycles. The maximum atomic E-state index is 5.78. The van der Waals surface area contributed by atoms with Crippen molar-refractivity contribution in [2.24, 2.45) is 0 Å². The van der Waals surface area contributed by atoms with Gasteiger partial charge in [-0.15, -0.1) is 0 Å². The van der Waals surface area contributed by atoms with E-state index in [0.29, 0.717) is 5.65 Å². The molecule has 4 rings (SSSR count). The Morgan fingerprint density at radius 1 is 0.957 bits per heavy atom. The number of nitrogen functional groups attached to an aromatic ring is 1. The third kappa shape index (κ3) is 2.32. The van der Waals surface area contributed by atoms with Gasteiger partial charge in [-0.05, 0) is 19.1 Å². The van der Waals surface area contributed by atoms with Crippen LogP contribution in [0.25, 0.3) is 28.0 Å². The highest BCUT2D eigenvalue weighted by Gasteiger charge is 2.15. The molecule has 23 heavy (non-hydrogen) atoms. The number of benzene rings is 2. The van der Waals surface area contributed by atoms with E-state index < -0.39 is 0 Å². The molecule has 2 aromatic carbocycles. The number of nitrogens with two attached hydrogens (primary N) is 1. The summed E-state index contributed by atoms with van der Waals surface area (Å²) in [5, 5.41) is 5.64. The summed E-state index contributed by atoms with van der Waals surface area (Å²) in [6.45, 7) is 2.06. The lowest BCUT2D eigenvalue weighted by molar-refractivity contribution is 0.900. The lowest BCUT2D eigenvalue weighted by Gasteiger charge is -2.01. The number of fused-ring (bicyclic) bond motifs is 1. The monoisotopic (exact) mass is 301 g/mol. The fraction of sp³-hybridized carbons (Fsp3) is 0.0556. The maximum absolute atomic E-state index is 5.78. The van der Waals surface area contributed by atoms with Crippen LogP contribution < -0.4 is 5.73 Å². The fourth-order valence-corrected chi connectivity index (χ4v) is 2.59. The van der Waals surface area contributed by atoms with Crippen molar-refractivity contribution in [3.63, 3.8) is 0 Å². The molecule has 0 unspecified atom stereocenters. The molecular formula is C18H15N5. The number of nitrogens with zero attached hydrogens (tertiary/aromatic N) is 4. The summed E-state index contributed by atoms with van der Waals surface area (Å²) in [4.78, 5) is 8.51. The zero-order chi connectivity index (χ0) is 15.8. The summed E-state index contributed by atoms with van der Waals surface area (Å²) < 4.78 is 1.81. The minimum Gasteiger partial charge on any atom is -0.368 e. The van der Waals surface area contributed by atoms with E-state index in [2.05, 4.69) is 41.2 Å². The van der Waals surface area contributed by atoms with Gasteiger partial charge >= 0.3 is 0 Å². The fourth-order valence-electron chi connectivity index (χ4n) is 2.59. The molecule has 0 aliphatic rings. The van der Waals surface area contributed by atoms with Crippen LogP contribution in [-0.2, 0) is 0 Å². The van der Waals surface area contributed by atoms with Crippen LogP contribution in [0.5, 0.6) is 0 Å². The van der Waals surface area contributed by atoms with Gasteiger partial charge in [0.25, 0.3) is 0 Å². The molecule has 0 aliphatic carbocycles. The second-order valence-electron chi connectivity index (χ2n) is 5.43. The van der Waals surface area contributed by atoms with Crippen molar-refractivity contribution in [2.75, 3.05) is 5.73 Å². The first kappa shape index (κ1) is 13.5. The minimum absolute atomic E-state index is 0.241. The molecular weight excluding hydrogens is 286 g/mol. The molecule has 4 aromatic rings. The number of hydrogen-bond donors (Lipinski definition) is 1. The number of para-hydroxylation sites is 1. The molecule has 0 saturated heterocycles. The van der Waals surface area contributed by atoms with Crippen LogP contribution in [0, 0.1) is 6.92 Å². The van der Waals surface area contributed by atoms with Gasteiger partial charge in [0, 0.05) is 11.8 Å². The first-order chi connectivity index (χ1) is 11.2. The Bertz CT molecular complexity index is 972. The molecule has 0 aliphatic heterocycles. The Morgan fingerprint density at radius 2 is 1.70 bits per heavy atom. The zero-order valence-corrected chi connectivity index (χ0v) is 12.6. The third-order valence-electron chi connectivity index (χ3n) is 3.77. The van der Waals surface area contributed by atoms with Crippen molar-refractivity contribution in [2.45, 2.75) is 6.92 Å². The summed E-state index contributed by atoms with van der Waals surface area (Å²) in [5.74, 6) is 0.241. The van der Waals surface area contributed by atoms with Gasteiger partial charge in [-0.25, -0.2) is 9.67 Å². The second kappa shape index (κ2) is 5.21. The number of rotatable bonds is 2. The smallest absolute Gasteiger partial charge is 0.222 e. The predicted molar refractivity (Wildman–Crippen MR) is 91.2 cm³/mol. The highest BCUT2D eigenvalue weighted by Crippen LogP contribution is 2.28. The van der Waals surface area contributed by atoms with E-state index in [4.69, 9.17) is 10.8 Å². The first-order valence-corrected chi connectivity index (χ1v) is 7.36. The summed E-state index contributed by atoms with van der Waals surface area (Å²) in [6.07, 6.45) is 1.74. The predicted octanol–water partition coefficient (Wildman–Crippen LogP) is 3.37. The van der Waals surface area contributed by atoms with Crippen molar-refractivity contribution in [1.82, 2.24) is 19.7 Å². The van der Waals surface area contributed by atoms with Crippen LogP contribution in [0.2, 0.25) is 0 Å². The molecule has 0 bridgehead atoms. The Hall–Kier alpha value is -3.21. The molecule has 0 fully saturated rings. The average Bonchev–Trinajstić information content (AvgIpc) is 2.95. The Morgan fingerprint density at radius 3 is 2.43 bits per heavy atom. The van der Waals surface area contributed by atoms with E-state index in [0.717, 1.165) is 22.3 Å². The van der Waals surface area contributed by atoms with Gasteiger partial charge in [-0.2, -0.15) is 10.1 Å². The molecule has 0 saturated carbocycles. The van der Waals surface area contributed by atoms with Gasteiger partial charge in [-0.1, -0.05) is 48.0 Å². The minimum atomic E-state index is 0.241. The van der Waals surface area contributed by atoms with Crippen LogP contribution in [0.3, 0.4) is 0 Å². The molecule has 0 radical (unpaired) electrons. The van der Waals surface area contributed by atoms with Crippen LogP contribution in [0.4, 0.5) is 5.95 Å². The molecule has 0 atom stereocenters. The average molecular weight is 301 g/mol. The SMILES string of the molecule is Cc1ccc(-c2nn(-c3ccccc3)c3nc(N)ncc23)cc1. The maximum Gasteiger partial charge on any atom is 0.222 e. The van der Waals surface area contributed by atoms with Gasteiger partial charge in [0.15, 0.2) is 5.65 Å². The third-order valence-corrected chi connectivity index (χ3v) is 3.77. The largest absolute Gasteiger partial charge is 0.368 e. The Balaban J connectivity index is 2.01. The van der Waals surface area contributed by atoms with Crippen molar-refractivity contribution >= 4 is 17.0 Å². The van der Waals surface area contributed by atoms with E-state index in [1.165, 1.54) is 5.56 Å². The molecule has 2 N–H and O–H groups in total. The number of aromatic nitrogens is 4. The Kier molecular flexibility index (Phi) is 3.05. The quantitative estimate of drug-likeness (QED) is 0.616. The lowest BCUT2D eigenvalue weighted by atomic mass is 10.1. The van der Waals surface area contributed by atoms with Gasteiger partial charge in [0.1, 0.15) is 5.69 Å². The molecule has 2 heterocycles. The normalized spacial score (nSPS) is 11.0. The molecule has 0 amide bonds. The lowest BCUT2D eigenvalue weighted by Crippen LogP contribution is -2.00. The summed E-state index contributed by atoms with van der Waals surface area (Å²) in [6, 6.07) is 18.2. The molecule has 5 nitrogen and oxygen atoms in total. The van der Waals surface area contributed by atoms with Crippen molar-refractivity contribution in [1.29, 1.82) is 0 Å². The van der Waals surface area contributed by atoms with Crippen molar-refractivity contribution in [3.05, 3.63) is 66.4 Å². The molecule has 5 heteroatoms. The van der Waals surface area contributed by atoms with Gasteiger partial charge in [-0.3, -0.25) is 0 Å². The topological polar surface area (TPSA) is 69.6 Å². The summed E-state index contributed by atoms with van der Waals surface area (Å²) in [5.41, 5.74) is 10.5. The molecule has 112 valence electrons. The van der Waals surface area contributed by atoms with Crippen LogP contribution >= 0.6 is 0 Å². The van der Waals surface area contributed by atoms with Crippen LogP contribution in [0.15, 0.2) is 60.8 Å². The summed E-state index contributed by atoms with van der Waals surface area (Å²) in [7, 11) is 0. The van der Waals surface area contributed by atoms with Crippen LogP contribution in [0.1, 0.15) is 5.56 Å². The zero-order valence-electron chi connectivity index (χ0n) is 12.6. The highest BCUT2D eigenvalue weighted by molar-refractivity contribution is 5.92. The van der Waals surface area contributed by atoms with Crippen molar-refractivity contribution in [3.8, 4) is 16.9 Å². The molecule has 0 spiro atoms. The van der Waals surface area contributed by atoms with E-state index in [-0.39, 0.29) is 5.95 Å². The van der Waals surface area contributed by atoms with Gasteiger partial charge < -0.3 is 5.73 Å². The van der Waals surface area contributed by atoms with Gasteiger partial charge in [0.2, 0.25) is 5.95 Å². The summed E-state index contributed by atoms with van der Waals surface area (Å²) >= 11 is 0. The number of hydrogen-bond acceptors (Lipinski definition) is 4. The standard InChI is InChI=1S/C18H15N5/c1-12-7-9-13(10-8-12)16-15-11-20-18(19)21-17(15)23(22-16)14-5-3-2-4-6-14/h2-11H,1H3,(H2,19,20,21). The van der Waals surface area contributed by atoms with E-state index in [1.54, 1.807) is 6.20 Å². The van der Waals surface area contributed by atoms with Crippen molar-refractivity contribution < 1.29 is 0 Å². The number of anilines is 1. The number of aryl methyl sites for hydroxylation is 1. The first-order valence-electron chi connectivity index (χ1n) is 7.36. The van der Waals surface area contributed by atoms with E-state index in [1.807, 2.05) is 35.0 Å².